The van der Waals surface area contributed by atoms with Crippen LogP contribution in [0.4, 0.5) is 13.2 Å². The molecule has 2 aliphatic heterocycles. The number of benzene rings is 1. The molecule has 1 amide bonds. The van der Waals surface area contributed by atoms with Crippen molar-refractivity contribution in [2.75, 3.05) is 26.2 Å². The lowest BCUT2D eigenvalue weighted by Gasteiger charge is -2.34. The molecule has 4 heterocycles. The SMILES string of the molecule is O=C(c1cc2nc(-c3ccccc3)cc(C(F)(F)F)n2n1)N1CC[NH+]2CCC[C@H]2C1. The van der Waals surface area contributed by atoms with Gasteiger partial charge in [0.2, 0.25) is 0 Å². The highest BCUT2D eigenvalue weighted by Gasteiger charge is 2.38. The van der Waals surface area contributed by atoms with Gasteiger partial charge in [0.15, 0.2) is 17.0 Å². The van der Waals surface area contributed by atoms with E-state index in [1.165, 1.54) is 11.0 Å². The number of piperazine rings is 1. The molecule has 3 aromatic rings. The molecule has 30 heavy (non-hydrogen) atoms. The highest BCUT2D eigenvalue weighted by molar-refractivity contribution is 5.93. The van der Waals surface area contributed by atoms with Gasteiger partial charge in [-0.3, -0.25) is 4.79 Å². The Bertz CT molecular complexity index is 1100. The van der Waals surface area contributed by atoms with E-state index >= 15 is 0 Å². The Morgan fingerprint density at radius 1 is 1.13 bits per heavy atom. The predicted molar refractivity (Wildman–Crippen MR) is 103 cm³/mol. The molecule has 2 aliphatic rings. The smallest absolute Gasteiger partial charge is 0.330 e. The van der Waals surface area contributed by atoms with Crippen LogP contribution in [-0.2, 0) is 6.18 Å². The van der Waals surface area contributed by atoms with Gasteiger partial charge in [0.1, 0.15) is 6.04 Å². The lowest BCUT2D eigenvalue weighted by Crippen LogP contribution is -3.16. The molecule has 6 nitrogen and oxygen atoms in total. The Morgan fingerprint density at radius 2 is 1.93 bits per heavy atom. The van der Waals surface area contributed by atoms with E-state index in [1.54, 1.807) is 35.2 Å². The van der Waals surface area contributed by atoms with Gasteiger partial charge in [0.25, 0.3) is 5.91 Å². The van der Waals surface area contributed by atoms with Crippen molar-refractivity contribution in [1.29, 1.82) is 0 Å². The van der Waals surface area contributed by atoms with Crippen LogP contribution < -0.4 is 4.90 Å². The number of carbonyl (C=O) groups is 1. The highest BCUT2D eigenvalue weighted by Crippen LogP contribution is 2.32. The summed E-state index contributed by atoms with van der Waals surface area (Å²) in [5, 5.41) is 4.01. The van der Waals surface area contributed by atoms with Crippen molar-refractivity contribution < 1.29 is 22.9 Å². The fourth-order valence-electron chi connectivity index (χ4n) is 4.55. The molecule has 5 rings (SSSR count). The number of quaternary nitrogens is 1. The monoisotopic (exact) mass is 416 g/mol. The van der Waals surface area contributed by atoms with Gasteiger partial charge in [-0.2, -0.15) is 18.3 Å². The Balaban J connectivity index is 1.53. The summed E-state index contributed by atoms with van der Waals surface area (Å²) in [6, 6.07) is 11.4. The van der Waals surface area contributed by atoms with E-state index in [0.717, 1.165) is 36.5 Å². The second-order valence-electron chi connectivity index (χ2n) is 7.94. The zero-order valence-electron chi connectivity index (χ0n) is 16.2. The van der Waals surface area contributed by atoms with Gasteiger partial charge in [-0.25, -0.2) is 9.50 Å². The van der Waals surface area contributed by atoms with Gasteiger partial charge >= 0.3 is 6.18 Å². The van der Waals surface area contributed by atoms with Crippen LogP contribution in [0.2, 0.25) is 0 Å². The lowest BCUT2D eigenvalue weighted by atomic mass is 10.1. The number of nitrogens with one attached hydrogen (secondary N) is 1. The molecule has 2 atom stereocenters. The summed E-state index contributed by atoms with van der Waals surface area (Å²) in [7, 11) is 0. The number of hydrogen-bond acceptors (Lipinski definition) is 3. The number of nitrogens with zero attached hydrogens (tertiary/aromatic N) is 4. The van der Waals surface area contributed by atoms with Crippen LogP contribution in [0.5, 0.6) is 0 Å². The van der Waals surface area contributed by atoms with Crippen molar-refractivity contribution in [3.05, 3.63) is 53.9 Å². The fourth-order valence-corrected chi connectivity index (χ4v) is 4.55. The third-order valence-electron chi connectivity index (χ3n) is 6.06. The standard InChI is InChI=1S/C21H20F3N5O/c22-21(23,24)18-11-16(14-5-2-1-3-6-14)25-19-12-17(26-29(18)19)20(30)28-10-9-27-8-4-7-15(27)13-28/h1-3,5-6,11-12,15H,4,7-10,13H2/p+1/t15-/m0/s1. The van der Waals surface area contributed by atoms with Gasteiger partial charge in [0, 0.05) is 24.5 Å². The van der Waals surface area contributed by atoms with Gasteiger partial charge in [-0.15, -0.1) is 0 Å². The average molecular weight is 416 g/mol. The van der Waals surface area contributed by atoms with E-state index in [4.69, 9.17) is 0 Å². The van der Waals surface area contributed by atoms with Crippen LogP contribution in [0.3, 0.4) is 0 Å². The molecule has 2 aromatic heterocycles. The average Bonchev–Trinajstić information content (AvgIpc) is 3.38. The Labute approximate surface area is 170 Å². The van der Waals surface area contributed by atoms with Crippen LogP contribution in [0.1, 0.15) is 29.0 Å². The van der Waals surface area contributed by atoms with E-state index in [9.17, 15) is 18.0 Å². The summed E-state index contributed by atoms with van der Waals surface area (Å²) in [6.07, 6.45) is -2.40. The van der Waals surface area contributed by atoms with Crippen LogP contribution in [0.25, 0.3) is 16.9 Å². The van der Waals surface area contributed by atoms with Crippen molar-refractivity contribution in [2.45, 2.75) is 25.1 Å². The first-order valence-electron chi connectivity index (χ1n) is 10.1. The Kier molecular flexibility index (Phi) is 4.50. The first-order chi connectivity index (χ1) is 14.4. The van der Waals surface area contributed by atoms with Crippen LogP contribution in [0, 0.1) is 0 Å². The fraction of sp³-hybridized carbons (Fsp3) is 0.381. The second kappa shape index (κ2) is 7.09. The summed E-state index contributed by atoms with van der Waals surface area (Å²) in [6.45, 7) is 3.21. The number of amides is 1. The van der Waals surface area contributed by atoms with Crippen molar-refractivity contribution in [3.8, 4) is 11.3 Å². The zero-order chi connectivity index (χ0) is 20.9. The van der Waals surface area contributed by atoms with E-state index < -0.39 is 11.9 Å². The maximum Gasteiger partial charge on any atom is 0.433 e. The van der Waals surface area contributed by atoms with Gasteiger partial charge in [-0.1, -0.05) is 30.3 Å². The molecule has 9 heteroatoms. The van der Waals surface area contributed by atoms with Crippen molar-refractivity contribution in [2.24, 2.45) is 0 Å². The number of aromatic nitrogens is 3. The van der Waals surface area contributed by atoms with Crippen LogP contribution >= 0.6 is 0 Å². The first kappa shape index (κ1) is 19.0. The second-order valence-corrected chi connectivity index (χ2v) is 7.94. The van der Waals surface area contributed by atoms with Crippen LogP contribution in [-0.4, -0.2) is 57.6 Å². The Morgan fingerprint density at radius 3 is 2.70 bits per heavy atom. The number of hydrogen-bond donors (Lipinski definition) is 1. The minimum atomic E-state index is -4.63. The molecule has 1 aromatic carbocycles. The van der Waals surface area contributed by atoms with E-state index in [1.807, 2.05) is 0 Å². The number of halogens is 3. The topological polar surface area (TPSA) is 54.9 Å². The minimum absolute atomic E-state index is 0.000316. The van der Waals surface area contributed by atoms with E-state index in [2.05, 4.69) is 10.1 Å². The van der Waals surface area contributed by atoms with Gasteiger partial charge in [-0.05, 0) is 6.07 Å². The molecule has 0 aliphatic carbocycles. The van der Waals surface area contributed by atoms with Gasteiger partial charge in [0.05, 0.1) is 31.9 Å². The third kappa shape index (κ3) is 3.32. The zero-order valence-corrected chi connectivity index (χ0v) is 16.2. The number of alkyl halides is 3. The molecular weight excluding hydrogens is 395 g/mol. The third-order valence-corrected chi connectivity index (χ3v) is 6.06. The molecule has 0 saturated carbocycles. The highest BCUT2D eigenvalue weighted by atomic mass is 19.4. The van der Waals surface area contributed by atoms with E-state index in [0.29, 0.717) is 24.7 Å². The molecule has 0 bridgehead atoms. The molecule has 2 fully saturated rings. The predicted octanol–water partition coefficient (Wildman–Crippen LogP) is 1.92. The normalized spacial score (nSPS) is 21.8. The summed E-state index contributed by atoms with van der Waals surface area (Å²) in [5.74, 6) is -0.333. The molecule has 1 unspecified atom stereocenters. The van der Waals surface area contributed by atoms with Crippen molar-refractivity contribution in [1.82, 2.24) is 19.5 Å². The first-order valence-corrected chi connectivity index (χ1v) is 10.1. The van der Waals surface area contributed by atoms with E-state index in [-0.39, 0.29) is 22.9 Å². The number of carbonyl (C=O) groups excluding carboxylic acids is 1. The minimum Gasteiger partial charge on any atom is -0.330 e. The van der Waals surface area contributed by atoms with Crippen molar-refractivity contribution >= 4 is 11.6 Å². The summed E-state index contributed by atoms with van der Waals surface area (Å²) in [5.41, 5.74) is -0.176. The molecule has 0 spiro atoms. The maximum absolute atomic E-state index is 13.7. The van der Waals surface area contributed by atoms with Crippen molar-refractivity contribution in [3.63, 3.8) is 0 Å². The van der Waals surface area contributed by atoms with Crippen LogP contribution in [0.15, 0.2) is 42.5 Å². The quantitative estimate of drug-likeness (QED) is 0.695. The number of fused-ring (bicyclic) bond motifs is 2. The summed E-state index contributed by atoms with van der Waals surface area (Å²) in [4.78, 5) is 20.6. The summed E-state index contributed by atoms with van der Waals surface area (Å²) < 4.78 is 41.9. The Hall–Kier alpha value is -2.94. The molecule has 156 valence electrons. The maximum atomic E-state index is 13.7. The number of rotatable bonds is 2. The summed E-state index contributed by atoms with van der Waals surface area (Å²) >= 11 is 0. The molecular formula is C21H21F3N5O+. The molecule has 1 N–H and O–H groups in total. The van der Waals surface area contributed by atoms with Gasteiger partial charge < -0.3 is 9.80 Å². The lowest BCUT2D eigenvalue weighted by molar-refractivity contribution is -0.916. The molecule has 2 saturated heterocycles. The largest absolute Gasteiger partial charge is 0.433 e. The molecule has 0 radical (unpaired) electrons.